The van der Waals surface area contributed by atoms with Gasteiger partial charge >= 0.3 is 6.18 Å². The Balaban J connectivity index is 2.04. The molecule has 0 bridgehead atoms. The average Bonchev–Trinajstić information content (AvgIpc) is 2.99. The van der Waals surface area contributed by atoms with Crippen LogP contribution < -0.4 is 4.74 Å². The predicted molar refractivity (Wildman–Crippen MR) is 92.3 cm³/mol. The molecule has 4 nitrogen and oxygen atoms in total. The summed E-state index contributed by atoms with van der Waals surface area (Å²) in [6.07, 6.45) is -2.81. The summed E-state index contributed by atoms with van der Waals surface area (Å²) in [6, 6.07) is 10.2. The van der Waals surface area contributed by atoms with E-state index in [0.717, 1.165) is 17.5 Å². The molecule has 26 heavy (non-hydrogen) atoms. The van der Waals surface area contributed by atoms with E-state index >= 15 is 0 Å². The number of hydrogen-bond acceptors (Lipinski definition) is 3. The summed E-state index contributed by atoms with van der Waals surface area (Å²) in [5, 5.41) is 11.3. The minimum Gasteiger partial charge on any atom is -0.497 e. The van der Waals surface area contributed by atoms with Crippen LogP contribution in [0.15, 0.2) is 48.7 Å². The van der Waals surface area contributed by atoms with Crippen LogP contribution >= 0.6 is 0 Å². The second-order valence-electron chi connectivity index (χ2n) is 5.84. The van der Waals surface area contributed by atoms with Gasteiger partial charge in [0.15, 0.2) is 0 Å². The molecule has 132 valence electrons. The lowest BCUT2D eigenvalue weighted by Crippen LogP contribution is -2.04. The van der Waals surface area contributed by atoms with Gasteiger partial charge in [0.1, 0.15) is 11.3 Å². The fourth-order valence-electron chi connectivity index (χ4n) is 3.05. The first-order valence-electron chi connectivity index (χ1n) is 7.74. The number of aromatic amines is 1. The Labute approximate surface area is 145 Å². The summed E-state index contributed by atoms with van der Waals surface area (Å²) in [5.74, 6) is 0.512. The molecule has 0 atom stereocenters. The smallest absolute Gasteiger partial charge is 0.416 e. The van der Waals surface area contributed by atoms with Crippen LogP contribution in [-0.4, -0.2) is 22.2 Å². The Morgan fingerprint density at radius 1 is 1.04 bits per heavy atom. The van der Waals surface area contributed by atoms with E-state index in [9.17, 15) is 18.3 Å². The Bertz CT molecular complexity index is 1120. The topological polar surface area (TPSA) is 58.1 Å². The zero-order valence-corrected chi connectivity index (χ0v) is 13.6. The van der Waals surface area contributed by atoms with Crippen LogP contribution in [-0.2, 0) is 6.18 Å². The summed E-state index contributed by atoms with van der Waals surface area (Å²) in [6.45, 7) is 0. The number of benzene rings is 2. The standard InChI is InChI=1S/C19H13F3N2O2/c1-26-12-6-7-15-13(8-12)16(14-9-23-18(25)17(14)24-15)10-2-4-11(5-3-10)19(20,21)22/h2-9,23,25H,1H3. The zero-order valence-electron chi connectivity index (χ0n) is 13.6. The van der Waals surface area contributed by atoms with E-state index in [0.29, 0.717) is 33.3 Å². The molecule has 2 aromatic carbocycles. The molecule has 2 aromatic heterocycles. The van der Waals surface area contributed by atoms with Gasteiger partial charge in [0, 0.05) is 22.5 Å². The highest BCUT2D eigenvalue weighted by molar-refractivity contribution is 6.11. The number of rotatable bonds is 2. The third-order valence-electron chi connectivity index (χ3n) is 4.31. The quantitative estimate of drug-likeness (QED) is 0.523. The number of aromatic hydroxyl groups is 1. The van der Waals surface area contributed by atoms with Gasteiger partial charge in [-0.1, -0.05) is 12.1 Å². The van der Waals surface area contributed by atoms with Crippen molar-refractivity contribution in [3.8, 4) is 22.8 Å². The number of fused-ring (bicyclic) bond motifs is 2. The highest BCUT2D eigenvalue weighted by atomic mass is 19.4. The number of nitrogens with one attached hydrogen (secondary N) is 1. The molecule has 0 spiro atoms. The van der Waals surface area contributed by atoms with E-state index in [4.69, 9.17) is 4.74 Å². The molecule has 4 aromatic rings. The molecule has 0 radical (unpaired) electrons. The molecule has 0 aliphatic heterocycles. The Morgan fingerprint density at radius 2 is 1.77 bits per heavy atom. The lowest BCUT2D eigenvalue weighted by atomic mass is 9.96. The molecule has 2 N–H and O–H groups in total. The fraction of sp³-hybridized carbons (Fsp3) is 0.105. The number of halogens is 3. The second kappa shape index (κ2) is 5.66. The normalized spacial score (nSPS) is 12.0. The van der Waals surface area contributed by atoms with E-state index < -0.39 is 11.7 Å². The van der Waals surface area contributed by atoms with Crippen molar-refractivity contribution in [3.63, 3.8) is 0 Å². The van der Waals surface area contributed by atoms with E-state index in [2.05, 4.69) is 9.97 Å². The zero-order chi connectivity index (χ0) is 18.5. The van der Waals surface area contributed by atoms with Crippen LogP contribution in [0.5, 0.6) is 11.6 Å². The fourth-order valence-corrected chi connectivity index (χ4v) is 3.05. The SMILES string of the molecule is COc1ccc2nc3c(O)[nH]cc3c(-c3ccc(C(F)(F)F)cc3)c2c1. The molecule has 2 heterocycles. The van der Waals surface area contributed by atoms with Gasteiger partial charge in [-0.2, -0.15) is 13.2 Å². The van der Waals surface area contributed by atoms with Crippen LogP contribution in [0, 0.1) is 0 Å². The molecule has 0 fully saturated rings. The van der Waals surface area contributed by atoms with Gasteiger partial charge in [0.2, 0.25) is 5.88 Å². The monoisotopic (exact) mass is 358 g/mol. The molecule has 0 aliphatic rings. The van der Waals surface area contributed by atoms with E-state index in [1.54, 1.807) is 24.4 Å². The summed E-state index contributed by atoms with van der Waals surface area (Å²) >= 11 is 0. The first-order chi connectivity index (χ1) is 12.4. The van der Waals surface area contributed by atoms with Gasteiger partial charge in [-0.3, -0.25) is 0 Å². The number of ether oxygens (including phenoxy) is 1. The number of hydrogen-bond donors (Lipinski definition) is 2. The lowest BCUT2D eigenvalue weighted by Gasteiger charge is -2.12. The van der Waals surface area contributed by atoms with Crippen LogP contribution in [0.25, 0.3) is 32.9 Å². The number of alkyl halides is 3. The van der Waals surface area contributed by atoms with E-state index in [1.165, 1.54) is 19.2 Å². The largest absolute Gasteiger partial charge is 0.497 e. The van der Waals surface area contributed by atoms with Crippen molar-refractivity contribution in [2.24, 2.45) is 0 Å². The van der Waals surface area contributed by atoms with Gasteiger partial charge in [-0.05, 0) is 35.9 Å². The van der Waals surface area contributed by atoms with Crippen molar-refractivity contribution >= 4 is 21.8 Å². The highest BCUT2D eigenvalue weighted by Gasteiger charge is 2.30. The maximum Gasteiger partial charge on any atom is 0.416 e. The molecule has 0 amide bonds. The van der Waals surface area contributed by atoms with Crippen molar-refractivity contribution in [1.29, 1.82) is 0 Å². The van der Waals surface area contributed by atoms with Crippen molar-refractivity contribution < 1.29 is 23.0 Å². The van der Waals surface area contributed by atoms with Gasteiger partial charge in [0.05, 0.1) is 18.2 Å². The minimum absolute atomic E-state index is 0.0918. The lowest BCUT2D eigenvalue weighted by molar-refractivity contribution is -0.137. The van der Waals surface area contributed by atoms with Crippen LogP contribution in [0.1, 0.15) is 5.56 Å². The molecule has 0 unspecified atom stereocenters. The molecule has 0 aliphatic carbocycles. The van der Waals surface area contributed by atoms with Crippen molar-refractivity contribution in [1.82, 2.24) is 9.97 Å². The Morgan fingerprint density at radius 3 is 2.42 bits per heavy atom. The Hall–Kier alpha value is -3.22. The highest BCUT2D eigenvalue weighted by Crippen LogP contribution is 2.39. The molecule has 0 saturated heterocycles. The molecule has 7 heteroatoms. The summed E-state index contributed by atoms with van der Waals surface area (Å²) in [5.41, 5.74) is 1.50. The van der Waals surface area contributed by atoms with Gasteiger partial charge in [0.25, 0.3) is 0 Å². The maximum absolute atomic E-state index is 12.9. The summed E-state index contributed by atoms with van der Waals surface area (Å²) in [7, 11) is 1.53. The Kier molecular flexibility index (Phi) is 3.54. The van der Waals surface area contributed by atoms with Crippen molar-refractivity contribution in [3.05, 3.63) is 54.2 Å². The van der Waals surface area contributed by atoms with Crippen LogP contribution in [0.4, 0.5) is 13.2 Å². The number of pyridine rings is 1. The van der Waals surface area contributed by atoms with E-state index in [-0.39, 0.29) is 5.88 Å². The number of H-pyrrole nitrogens is 1. The summed E-state index contributed by atoms with van der Waals surface area (Å²) < 4.78 is 43.9. The molecular formula is C19H13F3N2O2. The third-order valence-corrected chi connectivity index (χ3v) is 4.31. The van der Waals surface area contributed by atoms with Crippen molar-refractivity contribution in [2.45, 2.75) is 6.18 Å². The molecule has 4 rings (SSSR count). The van der Waals surface area contributed by atoms with Gasteiger partial charge in [-0.25, -0.2) is 4.98 Å². The van der Waals surface area contributed by atoms with Gasteiger partial charge < -0.3 is 14.8 Å². The predicted octanol–water partition coefficient (Wildman–Crippen LogP) is 5.12. The van der Waals surface area contributed by atoms with E-state index in [1.807, 2.05) is 0 Å². The molecular weight excluding hydrogens is 345 g/mol. The summed E-state index contributed by atoms with van der Waals surface area (Å²) in [4.78, 5) is 7.15. The number of methoxy groups -OCH3 is 1. The van der Waals surface area contributed by atoms with Crippen LogP contribution in [0.3, 0.4) is 0 Å². The van der Waals surface area contributed by atoms with Crippen LogP contribution in [0.2, 0.25) is 0 Å². The van der Waals surface area contributed by atoms with Crippen molar-refractivity contribution in [2.75, 3.05) is 7.11 Å². The number of nitrogens with zero attached hydrogens (tertiary/aromatic N) is 1. The number of aromatic nitrogens is 2. The molecule has 0 saturated carbocycles. The average molecular weight is 358 g/mol. The minimum atomic E-state index is -4.40. The van der Waals surface area contributed by atoms with Gasteiger partial charge in [-0.15, -0.1) is 0 Å². The third kappa shape index (κ3) is 2.52. The first kappa shape index (κ1) is 16.3. The second-order valence-corrected chi connectivity index (χ2v) is 5.84. The first-order valence-corrected chi connectivity index (χ1v) is 7.74. The maximum atomic E-state index is 12.9.